The zero-order valence-corrected chi connectivity index (χ0v) is 12.8. The molecule has 3 rings (SSSR count). The highest BCUT2D eigenvalue weighted by molar-refractivity contribution is 5.20. The van der Waals surface area contributed by atoms with Gasteiger partial charge in [-0.05, 0) is 77.5 Å². The van der Waals surface area contributed by atoms with E-state index >= 15 is 0 Å². The van der Waals surface area contributed by atoms with Crippen molar-refractivity contribution in [3.05, 3.63) is 17.0 Å². The Morgan fingerprint density at radius 2 is 2.00 bits per heavy atom. The standard InChI is InChI=1S/C16H27N3O/c1-12-16(13(2)20-18-12)11-19-8-5-14(6-9-19)15-4-3-7-17-10-15/h14-15,17H,3-11H2,1-2H3. The third-order valence-electron chi connectivity index (χ3n) is 5.20. The van der Waals surface area contributed by atoms with E-state index in [0.29, 0.717) is 0 Å². The van der Waals surface area contributed by atoms with Crippen molar-refractivity contribution in [1.29, 1.82) is 0 Å². The Balaban J connectivity index is 1.51. The second kappa shape index (κ2) is 6.27. The van der Waals surface area contributed by atoms with Gasteiger partial charge in [-0.1, -0.05) is 5.16 Å². The van der Waals surface area contributed by atoms with Gasteiger partial charge in [-0.2, -0.15) is 0 Å². The predicted molar refractivity (Wildman–Crippen MR) is 79.6 cm³/mol. The maximum absolute atomic E-state index is 5.27. The molecule has 0 spiro atoms. The van der Waals surface area contributed by atoms with E-state index in [1.165, 1.54) is 57.4 Å². The Labute approximate surface area is 121 Å². The lowest BCUT2D eigenvalue weighted by Crippen LogP contribution is -2.40. The summed E-state index contributed by atoms with van der Waals surface area (Å²) in [6.07, 6.45) is 5.51. The summed E-state index contributed by atoms with van der Waals surface area (Å²) in [4.78, 5) is 2.57. The van der Waals surface area contributed by atoms with Gasteiger partial charge in [0.2, 0.25) is 0 Å². The van der Waals surface area contributed by atoms with Crippen LogP contribution in [0.25, 0.3) is 0 Å². The Hall–Kier alpha value is -0.870. The molecular weight excluding hydrogens is 250 g/mol. The van der Waals surface area contributed by atoms with Gasteiger partial charge in [-0.25, -0.2) is 0 Å². The molecule has 3 heterocycles. The smallest absolute Gasteiger partial charge is 0.138 e. The van der Waals surface area contributed by atoms with Crippen molar-refractivity contribution in [3.63, 3.8) is 0 Å². The zero-order chi connectivity index (χ0) is 13.9. The number of aromatic nitrogens is 1. The number of aryl methyl sites for hydroxylation is 2. The lowest BCUT2D eigenvalue weighted by atomic mass is 9.80. The van der Waals surface area contributed by atoms with Crippen LogP contribution < -0.4 is 5.32 Å². The predicted octanol–water partition coefficient (Wildman–Crippen LogP) is 2.50. The summed E-state index contributed by atoms with van der Waals surface area (Å²) in [6.45, 7) is 10.0. The first kappa shape index (κ1) is 14.1. The lowest BCUT2D eigenvalue weighted by molar-refractivity contribution is 0.127. The van der Waals surface area contributed by atoms with E-state index in [1.807, 2.05) is 13.8 Å². The van der Waals surface area contributed by atoms with Crippen LogP contribution in [0.3, 0.4) is 0 Å². The van der Waals surface area contributed by atoms with E-state index < -0.39 is 0 Å². The van der Waals surface area contributed by atoms with Crippen molar-refractivity contribution in [2.45, 2.75) is 46.1 Å². The first-order valence-corrected chi connectivity index (χ1v) is 8.09. The van der Waals surface area contributed by atoms with Crippen molar-refractivity contribution in [3.8, 4) is 0 Å². The van der Waals surface area contributed by atoms with Gasteiger partial charge in [0.1, 0.15) is 5.76 Å². The van der Waals surface area contributed by atoms with E-state index in [-0.39, 0.29) is 0 Å². The molecule has 0 saturated carbocycles. The average molecular weight is 277 g/mol. The van der Waals surface area contributed by atoms with Crippen LogP contribution in [0, 0.1) is 25.7 Å². The van der Waals surface area contributed by atoms with Gasteiger partial charge in [0, 0.05) is 12.1 Å². The maximum Gasteiger partial charge on any atom is 0.138 e. The molecule has 2 aliphatic heterocycles. The first-order chi connectivity index (χ1) is 9.74. The number of likely N-dealkylation sites (tertiary alicyclic amines) is 1. The summed E-state index contributed by atoms with van der Waals surface area (Å²) in [5.41, 5.74) is 2.35. The number of rotatable bonds is 3. The molecule has 0 aliphatic carbocycles. The highest BCUT2D eigenvalue weighted by Crippen LogP contribution is 2.30. The van der Waals surface area contributed by atoms with Crippen LogP contribution in [0.15, 0.2) is 4.52 Å². The SMILES string of the molecule is Cc1noc(C)c1CN1CCC(C2CCCNC2)CC1. The third kappa shape index (κ3) is 3.07. The molecule has 4 heteroatoms. The van der Waals surface area contributed by atoms with E-state index in [2.05, 4.69) is 15.4 Å². The highest BCUT2D eigenvalue weighted by atomic mass is 16.5. The quantitative estimate of drug-likeness (QED) is 0.921. The molecule has 0 amide bonds. The number of nitrogens with zero attached hydrogens (tertiary/aromatic N) is 2. The fourth-order valence-corrected chi connectivity index (χ4v) is 3.81. The van der Waals surface area contributed by atoms with Crippen LogP contribution in [-0.4, -0.2) is 36.2 Å². The van der Waals surface area contributed by atoms with Gasteiger partial charge in [0.05, 0.1) is 5.69 Å². The van der Waals surface area contributed by atoms with Crippen LogP contribution in [0.5, 0.6) is 0 Å². The number of hydrogen-bond acceptors (Lipinski definition) is 4. The highest BCUT2D eigenvalue weighted by Gasteiger charge is 2.28. The molecular formula is C16H27N3O. The zero-order valence-electron chi connectivity index (χ0n) is 12.8. The minimum absolute atomic E-state index is 0.921. The monoisotopic (exact) mass is 277 g/mol. The lowest BCUT2D eigenvalue weighted by Gasteiger charge is -2.37. The molecule has 1 aromatic heterocycles. The molecule has 1 unspecified atom stereocenters. The molecule has 1 aromatic rings. The molecule has 2 saturated heterocycles. The molecule has 112 valence electrons. The van der Waals surface area contributed by atoms with Gasteiger partial charge in [-0.15, -0.1) is 0 Å². The summed E-state index contributed by atoms with van der Waals surface area (Å²) in [7, 11) is 0. The molecule has 1 N–H and O–H groups in total. The van der Waals surface area contributed by atoms with Crippen LogP contribution in [0.4, 0.5) is 0 Å². The average Bonchev–Trinajstić information content (AvgIpc) is 2.81. The van der Waals surface area contributed by atoms with E-state index in [0.717, 1.165) is 29.8 Å². The second-order valence-corrected chi connectivity index (χ2v) is 6.52. The normalized spacial score (nSPS) is 26.0. The second-order valence-electron chi connectivity index (χ2n) is 6.52. The van der Waals surface area contributed by atoms with Crippen molar-refractivity contribution >= 4 is 0 Å². The molecule has 0 radical (unpaired) electrons. The Kier molecular flexibility index (Phi) is 4.41. The largest absolute Gasteiger partial charge is 0.361 e. The summed E-state index contributed by atoms with van der Waals surface area (Å²) in [5.74, 6) is 2.84. The number of hydrogen-bond donors (Lipinski definition) is 1. The number of piperidine rings is 2. The summed E-state index contributed by atoms with van der Waals surface area (Å²) in [6, 6.07) is 0. The minimum Gasteiger partial charge on any atom is -0.361 e. The van der Waals surface area contributed by atoms with Crippen molar-refractivity contribution < 1.29 is 4.52 Å². The van der Waals surface area contributed by atoms with Crippen LogP contribution >= 0.6 is 0 Å². The summed E-state index contributed by atoms with van der Waals surface area (Å²) < 4.78 is 5.27. The van der Waals surface area contributed by atoms with Gasteiger partial charge >= 0.3 is 0 Å². The number of nitrogens with one attached hydrogen (secondary N) is 1. The molecule has 2 aliphatic rings. The molecule has 20 heavy (non-hydrogen) atoms. The summed E-state index contributed by atoms with van der Waals surface area (Å²) >= 11 is 0. The molecule has 1 atom stereocenters. The van der Waals surface area contributed by atoms with Gasteiger partial charge in [0.15, 0.2) is 0 Å². The van der Waals surface area contributed by atoms with Crippen LogP contribution in [0.2, 0.25) is 0 Å². The topological polar surface area (TPSA) is 41.3 Å². The summed E-state index contributed by atoms with van der Waals surface area (Å²) in [5, 5.41) is 7.62. The maximum atomic E-state index is 5.27. The Morgan fingerprint density at radius 3 is 2.60 bits per heavy atom. The first-order valence-electron chi connectivity index (χ1n) is 8.09. The van der Waals surface area contributed by atoms with Gasteiger partial charge in [-0.3, -0.25) is 4.90 Å². The van der Waals surface area contributed by atoms with Crippen LogP contribution in [-0.2, 0) is 6.54 Å². The molecule has 4 nitrogen and oxygen atoms in total. The molecule has 0 aromatic carbocycles. The van der Waals surface area contributed by atoms with Crippen molar-refractivity contribution in [2.24, 2.45) is 11.8 Å². The van der Waals surface area contributed by atoms with E-state index in [9.17, 15) is 0 Å². The fourth-order valence-electron chi connectivity index (χ4n) is 3.81. The van der Waals surface area contributed by atoms with E-state index in [4.69, 9.17) is 4.52 Å². The van der Waals surface area contributed by atoms with E-state index in [1.54, 1.807) is 0 Å². The van der Waals surface area contributed by atoms with Gasteiger partial charge < -0.3 is 9.84 Å². The van der Waals surface area contributed by atoms with Gasteiger partial charge in [0.25, 0.3) is 0 Å². The Bertz CT molecular complexity index is 409. The fraction of sp³-hybridized carbons (Fsp3) is 0.812. The molecule has 0 bridgehead atoms. The van der Waals surface area contributed by atoms with Crippen LogP contribution in [0.1, 0.15) is 42.7 Å². The van der Waals surface area contributed by atoms with Crippen molar-refractivity contribution in [2.75, 3.05) is 26.2 Å². The Morgan fingerprint density at radius 1 is 1.20 bits per heavy atom. The van der Waals surface area contributed by atoms with Crippen molar-refractivity contribution in [1.82, 2.24) is 15.4 Å². The third-order valence-corrected chi connectivity index (χ3v) is 5.20. The molecule has 2 fully saturated rings. The minimum atomic E-state index is 0.921.